The van der Waals surface area contributed by atoms with Crippen LogP contribution in [0.2, 0.25) is 0 Å². The van der Waals surface area contributed by atoms with Crippen molar-refractivity contribution in [2.75, 3.05) is 0 Å². The van der Waals surface area contributed by atoms with E-state index in [0.29, 0.717) is 11.8 Å². The van der Waals surface area contributed by atoms with Gasteiger partial charge in [-0.2, -0.15) is 5.26 Å². The number of fused-ring (bicyclic) bond motifs is 2. The fourth-order valence-electron chi connectivity index (χ4n) is 4.20. The summed E-state index contributed by atoms with van der Waals surface area (Å²) in [6, 6.07) is 10.4. The van der Waals surface area contributed by atoms with E-state index in [-0.39, 0.29) is 0 Å². The molecule has 0 radical (unpaired) electrons. The van der Waals surface area contributed by atoms with Gasteiger partial charge in [0.2, 0.25) is 0 Å². The van der Waals surface area contributed by atoms with Gasteiger partial charge in [-0.3, -0.25) is 0 Å². The molecular formula is C16H18INO. The lowest BCUT2D eigenvalue weighted by Gasteiger charge is -2.43. The zero-order chi connectivity index (χ0) is 13.7. The van der Waals surface area contributed by atoms with Gasteiger partial charge < -0.3 is 5.11 Å². The van der Waals surface area contributed by atoms with Gasteiger partial charge in [-0.25, -0.2) is 0 Å². The summed E-state index contributed by atoms with van der Waals surface area (Å²) in [7, 11) is 0. The molecular weight excluding hydrogens is 349 g/mol. The summed E-state index contributed by atoms with van der Waals surface area (Å²) in [6.45, 7) is 1.83. The van der Waals surface area contributed by atoms with Crippen LogP contribution < -0.4 is 0 Å². The molecule has 0 amide bonds. The molecule has 1 aromatic carbocycles. The van der Waals surface area contributed by atoms with Crippen molar-refractivity contribution in [3.05, 3.63) is 33.4 Å². The summed E-state index contributed by atoms with van der Waals surface area (Å²) in [4.78, 5) is 0. The van der Waals surface area contributed by atoms with Crippen molar-refractivity contribution in [3.8, 4) is 6.07 Å². The van der Waals surface area contributed by atoms with Crippen LogP contribution in [0, 0.1) is 32.2 Å². The largest absolute Gasteiger partial charge is 0.384 e. The van der Waals surface area contributed by atoms with Gasteiger partial charge in [0.1, 0.15) is 5.60 Å². The van der Waals surface area contributed by atoms with Crippen molar-refractivity contribution in [3.63, 3.8) is 0 Å². The zero-order valence-electron chi connectivity index (χ0n) is 11.1. The molecule has 2 saturated carbocycles. The molecule has 0 spiro atoms. The first-order valence-corrected chi connectivity index (χ1v) is 7.97. The number of hydrogen-bond donors (Lipinski definition) is 1. The van der Waals surface area contributed by atoms with Gasteiger partial charge in [0.05, 0.1) is 11.5 Å². The van der Waals surface area contributed by atoms with E-state index in [4.69, 9.17) is 0 Å². The molecule has 0 heterocycles. The van der Waals surface area contributed by atoms with E-state index in [9.17, 15) is 10.4 Å². The third kappa shape index (κ3) is 1.84. The molecule has 2 fully saturated rings. The van der Waals surface area contributed by atoms with Crippen LogP contribution in [-0.2, 0) is 5.60 Å². The Labute approximate surface area is 128 Å². The first kappa shape index (κ1) is 13.4. The Bertz CT molecular complexity index is 531. The van der Waals surface area contributed by atoms with Crippen molar-refractivity contribution in [1.29, 1.82) is 5.26 Å². The molecule has 2 aliphatic rings. The van der Waals surface area contributed by atoms with E-state index in [1.165, 1.54) is 6.42 Å². The van der Waals surface area contributed by atoms with Crippen molar-refractivity contribution in [2.24, 2.45) is 17.3 Å². The zero-order valence-corrected chi connectivity index (χ0v) is 13.2. The third-order valence-corrected chi connectivity index (χ3v) is 6.04. The van der Waals surface area contributed by atoms with Crippen molar-refractivity contribution < 1.29 is 5.11 Å². The highest BCUT2D eigenvalue weighted by atomic mass is 127. The van der Waals surface area contributed by atoms with Crippen LogP contribution in [-0.4, -0.2) is 5.11 Å². The number of hydrogen-bond acceptors (Lipinski definition) is 2. The lowest BCUT2D eigenvalue weighted by molar-refractivity contribution is -0.0734. The fourth-order valence-corrected chi connectivity index (χ4v) is 4.56. The summed E-state index contributed by atoms with van der Waals surface area (Å²) in [6.07, 6.45) is 4.30. The lowest BCUT2D eigenvalue weighted by Crippen LogP contribution is -2.46. The SMILES string of the molecule is CC(O)(c1ccc(I)cc1)C1(C#N)CC2CCC1C2. The van der Waals surface area contributed by atoms with Crippen molar-refractivity contribution >= 4 is 22.6 Å². The number of halogens is 1. The average molecular weight is 367 g/mol. The van der Waals surface area contributed by atoms with Crippen LogP contribution in [0.4, 0.5) is 0 Å². The quantitative estimate of drug-likeness (QED) is 0.808. The highest BCUT2D eigenvalue weighted by molar-refractivity contribution is 14.1. The Kier molecular flexibility index (Phi) is 3.14. The predicted molar refractivity (Wildman–Crippen MR) is 82.2 cm³/mol. The Morgan fingerprint density at radius 3 is 2.53 bits per heavy atom. The van der Waals surface area contributed by atoms with Gasteiger partial charge >= 0.3 is 0 Å². The molecule has 2 bridgehead atoms. The molecule has 0 aliphatic heterocycles. The van der Waals surface area contributed by atoms with Gasteiger partial charge in [0, 0.05) is 3.57 Å². The molecule has 3 heteroatoms. The second-order valence-corrected chi connectivity index (χ2v) is 7.49. The minimum atomic E-state index is -1.05. The number of benzene rings is 1. The standard InChI is InChI=1S/C16H18INO/c1-15(19,12-4-6-14(17)7-5-12)16(10-18)9-11-2-3-13(16)8-11/h4-7,11,13,19H,2-3,8-9H2,1H3. The van der Waals surface area contributed by atoms with E-state index in [1.807, 2.05) is 31.2 Å². The molecule has 100 valence electrons. The maximum absolute atomic E-state index is 11.1. The van der Waals surface area contributed by atoms with E-state index in [0.717, 1.165) is 28.4 Å². The molecule has 2 nitrogen and oxygen atoms in total. The van der Waals surface area contributed by atoms with Crippen LogP contribution >= 0.6 is 22.6 Å². The Morgan fingerprint density at radius 2 is 2.05 bits per heavy atom. The van der Waals surface area contributed by atoms with Crippen molar-refractivity contribution in [1.82, 2.24) is 0 Å². The smallest absolute Gasteiger partial charge is 0.106 e. The normalized spacial score (nSPS) is 35.9. The molecule has 19 heavy (non-hydrogen) atoms. The third-order valence-electron chi connectivity index (χ3n) is 5.32. The maximum Gasteiger partial charge on any atom is 0.106 e. The van der Waals surface area contributed by atoms with Gasteiger partial charge in [0.15, 0.2) is 0 Å². The Balaban J connectivity index is 2.03. The van der Waals surface area contributed by atoms with Gasteiger partial charge in [0.25, 0.3) is 0 Å². The highest BCUT2D eigenvalue weighted by Crippen LogP contribution is 2.62. The molecule has 4 unspecified atom stereocenters. The monoisotopic (exact) mass is 367 g/mol. The van der Waals surface area contributed by atoms with Crippen LogP contribution in [0.1, 0.15) is 38.2 Å². The van der Waals surface area contributed by atoms with Gasteiger partial charge in [-0.15, -0.1) is 0 Å². The molecule has 4 atom stereocenters. The highest BCUT2D eigenvalue weighted by Gasteiger charge is 2.60. The summed E-state index contributed by atoms with van der Waals surface area (Å²) >= 11 is 2.26. The molecule has 2 aliphatic carbocycles. The number of rotatable bonds is 2. The fraction of sp³-hybridized carbons (Fsp3) is 0.562. The minimum Gasteiger partial charge on any atom is -0.384 e. The maximum atomic E-state index is 11.1. The summed E-state index contributed by atoms with van der Waals surface area (Å²) in [5.41, 5.74) is -0.767. The second-order valence-electron chi connectivity index (χ2n) is 6.24. The number of nitriles is 1. The van der Waals surface area contributed by atoms with Crippen LogP contribution in [0.3, 0.4) is 0 Å². The number of aliphatic hydroxyl groups is 1. The molecule has 1 N–H and O–H groups in total. The summed E-state index contributed by atoms with van der Waals surface area (Å²) in [5, 5.41) is 20.9. The average Bonchev–Trinajstić information content (AvgIpc) is 3.00. The molecule has 0 aromatic heterocycles. The van der Waals surface area contributed by atoms with Gasteiger partial charge in [-0.05, 0) is 78.3 Å². The van der Waals surface area contributed by atoms with Crippen molar-refractivity contribution in [2.45, 2.75) is 38.2 Å². The van der Waals surface area contributed by atoms with Gasteiger partial charge in [-0.1, -0.05) is 18.6 Å². The molecule has 1 aromatic rings. The number of nitrogens with zero attached hydrogens (tertiary/aromatic N) is 1. The van der Waals surface area contributed by atoms with E-state index < -0.39 is 11.0 Å². The lowest BCUT2D eigenvalue weighted by atomic mass is 9.61. The van der Waals surface area contributed by atoms with Crippen LogP contribution in [0.5, 0.6) is 0 Å². The second kappa shape index (κ2) is 4.46. The predicted octanol–water partition coefficient (Wildman–Crippen LogP) is 3.83. The molecule has 0 saturated heterocycles. The first-order chi connectivity index (χ1) is 8.99. The van der Waals surface area contributed by atoms with E-state index >= 15 is 0 Å². The Morgan fingerprint density at radius 1 is 1.37 bits per heavy atom. The first-order valence-electron chi connectivity index (χ1n) is 6.89. The minimum absolute atomic E-state index is 0.358. The topological polar surface area (TPSA) is 44.0 Å². The van der Waals surface area contributed by atoms with E-state index in [2.05, 4.69) is 28.7 Å². The Hall–Kier alpha value is -0.600. The molecule has 3 rings (SSSR count). The van der Waals surface area contributed by atoms with E-state index in [1.54, 1.807) is 0 Å². The summed E-state index contributed by atoms with van der Waals surface area (Å²) < 4.78 is 1.15. The van der Waals surface area contributed by atoms with Crippen LogP contribution in [0.25, 0.3) is 0 Å². The van der Waals surface area contributed by atoms with Crippen LogP contribution in [0.15, 0.2) is 24.3 Å². The summed E-state index contributed by atoms with van der Waals surface area (Å²) in [5.74, 6) is 0.997.